The van der Waals surface area contributed by atoms with Crippen LogP contribution in [0.1, 0.15) is 24.8 Å². The van der Waals surface area contributed by atoms with Crippen molar-refractivity contribution >= 4 is 23.4 Å². The largest absolute Gasteiger partial charge is 0.392 e. The number of benzene rings is 1. The Labute approximate surface area is 181 Å². The molecule has 8 nitrogen and oxygen atoms in total. The standard InChI is InChI=1S/C22H27FN6O2/c1-24-20-15(13-26-22(28-20)27-17-9-6-8-16(23)11-17)7-4-3-5-10-25-21(31)19-12-18(30)14-29(19)2/h6,8-9,11,13,18-19,30H,3,5,10,12,14H2,1-2H3,(H,25,31)(H2,24,26,27,28)/t18-,19?/m0/s1. The molecular formula is C22H27FN6O2. The van der Waals surface area contributed by atoms with Gasteiger partial charge in [-0.05, 0) is 38.1 Å². The summed E-state index contributed by atoms with van der Waals surface area (Å²) < 4.78 is 13.3. The zero-order chi connectivity index (χ0) is 22.2. The summed E-state index contributed by atoms with van der Waals surface area (Å²) in [5, 5.41) is 18.5. The van der Waals surface area contributed by atoms with Crippen LogP contribution in [0.2, 0.25) is 0 Å². The van der Waals surface area contributed by atoms with Crippen molar-refractivity contribution < 1.29 is 14.3 Å². The number of aliphatic hydroxyl groups excluding tert-OH is 1. The number of nitrogens with zero attached hydrogens (tertiary/aromatic N) is 3. The number of likely N-dealkylation sites (N-methyl/N-ethyl adjacent to an activating group) is 1. The molecule has 1 aliphatic heterocycles. The highest BCUT2D eigenvalue weighted by Crippen LogP contribution is 2.18. The van der Waals surface area contributed by atoms with Crippen LogP contribution in [0.4, 0.5) is 21.8 Å². The number of aromatic nitrogens is 2. The van der Waals surface area contributed by atoms with Crippen molar-refractivity contribution in [3.8, 4) is 11.8 Å². The highest BCUT2D eigenvalue weighted by molar-refractivity contribution is 5.82. The van der Waals surface area contributed by atoms with E-state index in [1.165, 1.54) is 12.1 Å². The smallest absolute Gasteiger partial charge is 0.237 e. The molecule has 4 N–H and O–H groups in total. The lowest BCUT2D eigenvalue weighted by Crippen LogP contribution is -2.41. The summed E-state index contributed by atoms with van der Waals surface area (Å²) in [6, 6.07) is 5.80. The Morgan fingerprint density at radius 3 is 2.97 bits per heavy atom. The molecule has 31 heavy (non-hydrogen) atoms. The minimum atomic E-state index is -0.439. The predicted octanol–water partition coefficient (Wildman–Crippen LogP) is 1.71. The Balaban J connectivity index is 1.48. The zero-order valence-corrected chi connectivity index (χ0v) is 17.7. The molecule has 1 aromatic heterocycles. The normalized spacial score (nSPS) is 18.2. The summed E-state index contributed by atoms with van der Waals surface area (Å²) in [5.74, 6) is 6.62. The maximum atomic E-state index is 13.3. The SMILES string of the molecule is CNc1nc(Nc2cccc(F)c2)ncc1C#CCCCNC(=O)C1C[C@H](O)CN1C. The fourth-order valence-corrected chi connectivity index (χ4v) is 3.36. The van der Waals surface area contributed by atoms with Crippen molar-refractivity contribution in [1.29, 1.82) is 0 Å². The molecule has 0 aliphatic carbocycles. The number of rotatable bonds is 7. The number of anilines is 3. The third-order valence-electron chi connectivity index (χ3n) is 4.94. The lowest BCUT2D eigenvalue weighted by atomic mass is 10.2. The fraction of sp³-hybridized carbons (Fsp3) is 0.409. The molecule has 1 unspecified atom stereocenters. The molecule has 2 atom stereocenters. The number of unbranched alkanes of at least 4 members (excludes halogenated alkanes) is 1. The molecule has 1 aliphatic rings. The zero-order valence-electron chi connectivity index (χ0n) is 17.7. The van der Waals surface area contributed by atoms with Crippen LogP contribution in [0.15, 0.2) is 30.5 Å². The maximum Gasteiger partial charge on any atom is 0.237 e. The molecular weight excluding hydrogens is 399 g/mol. The van der Waals surface area contributed by atoms with Gasteiger partial charge in [0.1, 0.15) is 11.6 Å². The second-order valence-electron chi connectivity index (χ2n) is 7.38. The van der Waals surface area contributed by atoms with E-state index < -0.39 is 6.10 Å². The molecule has 3 rings (SSSR count). The number of β-amino-alcohol motifs (C(OH)–C–C–N with tert-alkyl or cyclic N) is 1. The molecule has 1 aromatic carbocycles. The lowest BCUT2D eigenvalue weighted by molar-refractivity contribution is -0.125. The lowest BCUT2D eigenvalue weighted by Gasteiger charge is -2.17. The molecule has 1 amide bonds. The van der Waals surface area contributed by atoms with E-state index in [1.807, 2.05) is 11.9 Å². The Morgan fingerprint density at radius 1 is 1.42 bits per heavy atom. The summed E-state index contributed by atoms with van der Waals surface area (Å²) in [5.41, 5.74) is 1.21. The van der Waals surface area contributed by atoms with Gasteiger partial charge < -0.3 is 21.1 Å². The average molecular weight is 426 g/mol. The van der Waals surface area contributed by atoms with Gasteiger partial charge in [0.25, 0.3) is 0 Å². The first-order valence-electron chi connectivity index (χ1n) is 10.2. The van der Waals surface area contributed by atoms with Crippen molar-refractivity contribution in [2.24, 2.45) is 0 Å². The maximum absolute atomic E-state index is 13.3. The van der Waals surface area contributed by atoms with Crippen LogP contribution in [0, 0.1) is 17.7 Å². The minimum absolute atomic E-state index is 0.0562. The summed E-state index contributed by atoms with van der Waals surface area (Å²) in [6.45, 7) is 1.05. The number of halogens is 1. The van der Waals surface area contributed by atoms with E-state index in [2.05, 4.69) is 37.8 Å². The van der Waals surface area contributed by atoms with Gasteiger partial charge >= 0.3 is 0 Å². The summed E-state index contributed by atoms with van der Waals surface area (Å²) >= 11 is 0. The van der Waals surface area contributed by atoms with E-state index in [4.69, 9.17) is 0 Å². The van der Waals surface area contributed by atoms with Crippen molar-refractivity contribution in [1.82, 2.24) is 20.2 Å². The van der Waals surface area contributed by atoms with E-state index in [1.54, 1.807) is 25.4 Å². The van der Waals surface area contributed by atoms with Crippen molar-refractivity contribution in [3.05, 3.63) is 41.8 Å². The highest BCUT2D eigenvalue weighted by Gasteiger charge is 2.32. The van der Waals surface area contributed by atoms with Gasteiger partial charge in [-0.25, -0.2) is 9.37 Å². The Hall–Kier alpha value is -3.22. The molecule has 2 heterocycles. The minimum Gasteiger partial charge on any atom is -0.392 e. The van der Waals surface area contributed by atoms with E-state index in [0.717, 1.165) is 0 Å². The summed E-state index contributed by atoms with van der Waals surface area (Å²) in [6.07, 6.45) is 2.96. The van der Waals surface area contributed by atoms with Crippen LogP contribution in [-0.2, 0) is 4.79 Å². The molecule has 0 bridgehead atoms. The van der Waals surface area contributed by atoms with E-state index in [0.29, 0.717) is 55.4 Å². The van der Waals surface area contributed by atoms with Crippen LogP contribution >= 0.6 is 0 Å². The Morgan fingerprint density at radius 2 is 2.26 bits per heavy atom. The van der Waals surface area contributed by atoms with Crippen LogP contribution in [0.5, 0.6) is 0 Å². The number of carbonyl (C=O) groups excluding carboxylic acids is 1. The fourth-order valence-electron chi connectivity index (χ4n) is 3.36. The number of hydrogen-bond acceptors (Lipinski definition) is 7. The second kappa shape index (κ2) is 10.7. The molecule has 1 saturated heterocycles. The quantitative estimate of drug-likeness (QED) is 0.395. The van der Waals surface area contributed by atoms with E-state index in [-0.39, 0.29) is 17.8 Å². The highest BCUT2D eigenvalue weighted by atomic mass is 19.1. The summed E-state index contributed by atoms with van der Waals surface area (Å²) in [7, 11) is 3.58. The van der Waals surface area contributed by atoms with Gasteiger partial charge in [-0.15, -0.1) is 0 Å². The topological polar surface area (TPSA) is 102 Å². The molecule has 0 saturated carbocycles. The first-order valence-corrected chi connectivity index (χ1v) is 10.2. The second-order valence-corrected chi connectivity index (χ2v) is 7.38. The molecule has 164 valence electrons. The number of nitrogens with one attached hydrogen (secondary N) is 3. The third kappa shape index (κ3) is 6.38. The number of aliphatic hydroxyl groups is 1. The number of carbonyl (C=O) groups is 1. The van der Waals surface area contributed by atoms with Gasteiger partial charge in [0.2, 0.25) is 11.9 Å². The van der Waals surface area contributed by atoms with E-state index >= 15 is 0 Å². The monoisotopic (exact) mass is 426 g/mol. The molecule has 1 fully saturated rings. The van der Waals surface area contributed by atoms with E-state index in [9.17, 15) is 14.3 Å². The van der Waals surface area contributed by atoms with Gasteiger partial charge in [0.05, 0.1) is 23.9 Å². The third-order valence-corrected chi connectivity index (χ3v) is 4.94. The van der Waals surface area contributed by atoms with Crippen LogP contribution in [0.3, 0.4) is 0 Å². The van der Waals surface area contributed by atoms with Crippen LogP contribution < -0.4 is 16.0 Å². The number of hydrogen-bond donors (Lipinski definition) is 4. The van der Waals surface area contributed by atoms with Gasteiger partial charge in [0.15, 0.2) is 0 Å². The van der Waals surface area contributed by atoms with Crippen LogP contribution in [0.25, 0.3) is 0 Å². The first kappa shape index (κ1) is 22.5. The van der Waals surface area contributed by atoms with Gasteiger partial charge in [-0.3, -0.25) is 9.69 Å². The Kier molecular flexibility index (Phi) is 7.76. The van der Waals surface area contributed by atoms with Crippen molar-refractivity contribution in [2.45, 2.75) is 31.4 Å². The molecule has 9 heteroatoms. The van der Waals surface area contributed by atoms with Crippen molar-refractivity contribution in [2.75, 3.05) is 37.8 Å². The van der Waals surface area contributed by atoms with Gasteiger partial charge in [0, 0.05) is 32.2 Å². The van der Waals surface area contributed by atoms with Crippen molar-refractivity contribution in [3.63, 3.8) is 0 Å². The molecule has 0 spiro atoms. The molecule has 2 aromatic rings. The number of likely N-dealkylation sites (tertiary alicyclic amines) is 1. The van der Waals surface area contributed by atoms with Gasteiger partial charge in [-0.1, -0.05) is 17.9 Å². The Bertz CT molecular complexity index is 974. The summed E-state index contributed by atoms with van der Waals surface area (Å²) in [4.78, 5) is 22.6. The van der Waals surface area contributed by atoms with Gasteiger partial charge in [-0.2, -0.15) is 4.98 Å². The first-order chi connectivity index (χ1) is 15.0. The average Bonchev–Trinajstić information content (AvgIpc) is 3.09. The predicted molar refractivity (Wildman–Crippen MR) is 117 cm³/mol. The number of amides is 1. The molecule has 0 radical (unpaired) electrons. The van der Waals surface area contributed by atoms with Crippen LogP contribution in [-0.4, -0.2) is 65.2 Å².